The van der Waals surface area contributed by atoms with Gasteiger partial charge in [-0.25, -0.2) is 0 Å². The van der Waals surface area contributed by atoms with Crippen molar-refractivity contribution in [3.63, 3.8) is 0 Å². The molecule has 3 aromatic carbocycles. The third-order valence-corrected chi connectivity index (χ3v) is 8.73. The van der Waals surface area contributed by atoms with Crippen LogP contribution in [0.4, 0.5) is 0 Å². The molecule has 6 nitrogen and oxygen atoms in total. The highest BCUT2D eigenvalue weighted by Crippen LogP contribution is 2.32. The molecule has 1 fully saturated rings. The first-order chi connectivity index (χ1) is 20.7. The van der Waals surface area contributed by atoms with Gasteiger partial charge in [0.25, 0.3) is 0 Å². The normalized spacial score (nSPS) is 15.2. The molecule has 0 amide bonds. The molecule has 222 valence electrons. The largest absolute Gasteiger partial charge is 0.490 e. The highest BCUT2D eigenvalue weighted by molar-refractivity contribution is 7.10. The lowest BCUT2D eigenvalue weighted by molar-refractivity contribution is 0.102. The molecule has 1 aliphatic carbocycles. The van der Waals surface area contributed by atoms with E-state index < -0.39 is 6.10 Å². The minimum atomic E-state index is -0.471. The zero-order valence-electron chi connectivity index (χ0n) is 24.4. The molecule has 0 bridgehead atoms. The Labute approximate surface area is 253 Å². The molecule has 5 aromatic rings. The summed E-state index contributed by atoms with van der Waals surface area (Å²) in [6, 6.07) is 27.3. The van der Waals surface area contributed by atoms with Crippen LogP contribution < -0.4 is 20.1 Å². The van der Waals surface area contributed by atoms with Gasteiger partial charge in [-0.05, 0) is 67.5 Å². The van der Waals surface area contributed by atoms with Crippen LogP contribution in [0.5, 0.6) is 11.5 Å². The van der Waals surface area contributed by atoms with E-state index in [0.717, 1.165) is 35.4 Å². The maximum absolute atomic E-state index is 10.1. The van der Waals surface area contributed by atoms with E-state index in [2.05, 4.69) is 75.6 Å². The van der Waals surface area contributed by atoms with Crippen molar-refractivity contribution in [1.82, 2.24) is 15.6 Å². The Kier molecular flexibility index (Phi) is 11.3. The fourth-order valence-corrected chi connectivity index (χ4v) is 6.29. The zero-order chi connectivity index (χ0) is 29.0. The third kappa shape index (κ3) is 8.35. The Hall–Kier alpha value is -3.36. The summed E-state index contributed by atoms with van der Waals surface area (Å²) in [5, 5.41) is 22.3. The van der Waals surface area contributed by atoms with Crippen LogP contribution in [0.15, 0.2) is 90.4 Å². The van der Waals surface area contributed by atoms with Crippen LogP contribution in [-0.4, -0.2) is 49.0 Å². The summed E-state index contributed by atoms with van der Waals surface area (Å²) in [4.78, 5) is 4.44. The molecule has 2 heterocycles. The van der Waals surface area contributed by atoms with Crippen molar-refractivity contribution < 1.29 is 14.6 Å². The lowest BCUT2D eigenvalue weighted by Gasteiger charge is -2.24. The zero-order valence-corrected chi connectivity index (χ0v) is 25.2. The first kappa shape index (κ1) is 30.1. The summed E-state index contributed by atoms with van der Waals surface area (Å²) in [6.45, 7) is 1.87. The Morgan fingerprint density at radius 3 is 2.55 bits per heavy atom. The first-order valence-corrected chi connectivity index (χ1v) is 16.0. The van der Waals surface area contributed by atoms with Gasteiger partial charge < -0.3 is 30.2 Å². The minimum absolute atomic E-state index is 0.100. The van der Waals surface area contributed by atoms with Crippen LogP contribution in [0.25, 0.3) is 21.7 Å². The quantitative estimate of drug-likeness (QED) is 0.122. The number of ether oxygens (including phenoxy) is 2. The van der Waals surface area contributed by atoms with E-state index in [9.17, 15) is 5.11 Å². The second kappa shape index (κ2) is 15.8. The van der Waals surface area contributed by atoms with Crippen molar-refractivity contribution in [2.45, 2.75) is 56.8 Å². The molecule has 0 spiro atoms. The molecule has 0 saturated heterocycles. The maximum atomic E-state index is 10.1. The van der Waals surface area contributed by atoms with Crippen LogP contribution in [0.3, 0.4) is 0 Å². The number of fused-ring (bicyclic) bond motifs is 2. The third-order valence-electron chi connectivity index (χ3n) is 7.77. The number of thiophene rings is 1. The second-order valence-corrected chi connectivity index (χ2v) is 11.9. The number of aliphatic hydroxyl groups is 1. The van der Waals surface area contributed by atoms with E-state index in [-0.39, 0.29) is 6.10 Å². The number of hydrogen-bond acceptors (Lipinski definition) is 6. The smallest absolute Gasteiger partial charge is 0.134 e. The number of aromatic amines is 1. The molecular formula is C35H43N3O3S. The summed E-state index contributed by atoms with van der Waals surface area (Å²) < 4.78 is 12.1. The van der Waals surface area contributed by atoms with E-state index in [4.69, 9.17) is 9.47 Å². The van der Waals surface area contributed by atoms with E-state index in [0.29, 0.717) is 19.2 Å². The number of H-pyrrole nitrogens is 1. The molecule has 4 N–H and O–H groups in total. The molecule has 0 radical (unpaired) electrons. The SMILES string of the molecule is CNCC[C@H](Oc1cccc2ccccc12)c1cccs1.OC(CNC1CCCCC1)COc1cccc2[nH]ccc12. The van der Waals surface area contributed by atoms with Gasteiger partial charge in [-0.3, -0.25) is 0 Å². The van der Waals surface area contributed by atoms with Gasteiger partial charge in [-0.15, -0.1) is 11.3 Å². The van der Waals surface area contributed by atoms with Crippen LogP contribution in [-0.2, 0) is 0 Å². The minimum Gasteiger partial charge on any atom is -0.490 e. The second-order valence-electron chi connectivity index (χ2n) is 10.9. The summed E-state index contributed by atoms with van der Waals surface area (Å²) in [5.41, 5.74) is 1.06. The van der Waals surface area contributed by atoms with Crippen LogP contribution >= 0.6 is 11.3 Å². The van der Waals surface area contributed by atoms with Gasteiger partial charge in [0.1, 0.15) is 30.3 Å². The highest BCUT2D eigenvalue weighted by Gasteiger charge is 2.16. The summed E-state index contributed by atoms with van der Waals surface area (Å²) in [5.74, 6) is 1.79. The number of aromatic nitrogens is 1. The van der Waals surface area contributed by atoms with Crippen molar-refractivity contribution in [1.29, 1.82) is 0 Å². The highest BCUT2D eigenvalue weighted by atomic mass is 32.1. The Balaban J connectivity index is 0.000000168. The standard InChI is InChI=1S/C18H19NOS.C17H24N2O2/c1-19-12-11-17(18-10-5-13-21-18)20-16-9-4-7-14-6-2-3-8-15(14)16;20-14(11-19-13-5-2-1-3-6-13)12-21-17-8-4-7-16-15(17)9-10-18-16/h2-10,13,17,19H,11-12H2,1H3;4,7-10,13-14,18-20H,1-3,5-6,11-12H2/t17-;/m0./s1. The number of benzene rings is 3. The monoisotopic (exact) mass is 585 g/mol. The summed E-state index contributed by atoms with van der Waals surface area (Å²) >= 11 is 1.75. The van der Waals surface area contributed by atoms with Gasteiger partial charge in [0.15, 0.2) is 0 Å². The molecule has 0 aliphatic heterocycles. The number of hydrogen-bond donors (Lipinski definition) is 4. The van der Waals surface area contributed by atoms with Gasteiger partial charge in [0.05, 0.1) is 0 Å². The number of nitrogens with one attached hydrogen (secondary N) is 3. The molecular weight excluding hydrogens is 542 g/mol. The molecule has 42 heavy (non-hydrogen) atoms. The van der Waals surface area contributed by atoms with E-state index >= 15 is 0 Å². The van der Waals surface area contributed by atoms with Gasteiger partial charge in [-0.1, -0.05) is 67.8 Å². The molecule has 1 saturated carbocycles. The summed E-state index contributed by atoms with van der Waals surface area (Å²) in [6.07, 6.45) is 8.92. The van der Waals surface area contributed by atoms with Crippen molar-refractivity contribution in [2.24, 2.45) is 0 Å². The van der Waals surface area contributed by atoms with E-state index in [1.807, 2.05) is 37.5 Å². The molecule has 2 atom stereocenters. The van der Waals surface area contributed by atoms with Crippen LogP contribution in [0, 0.1) is 0 Å². The molecule has 6 rings (SSSR count). The van der Waals surface area contributed by atoms with Crippen molar-refractivity contribution in [2.75, 3.05) is 26.7 Å². The Morgan fingerprint density at radius 2 is 1.71 bits per heavy atom. The molecule has 7 heteroatoms. The predicted octanol–water partition coefficient (Wildman–Crippen LogP) is 7.46. The van der Waals surface area contributed by atoms with Gasteiger partial charge in [0, 0.05) is 46.4 Å². The predicted molar refractivity (Wildman–Crippen MR) is 175 cm³/mol. The topological polar surface area (TPSA) is 78.5 Å². The van der Waals surface area contributed by atoms with Crippen molar-refractivity contribution in [3.05, 3.63) is 95.3 Å². The van der Waals surface area contributed by atoms with Crippen LogP contribution in [0.2, 0.25) is 0 Å². The Morgan fingerprint density at radius 1 is 0.905 bits per heavy atom. The van der Waals surface area contributed by atoms with Crippen molar-refractivity contribution >= 4 is 33.0 Å². The Bertz CT molecular complexity index is 1470. The maximum Gasteiger partial charge on any atom is 0.134 e. The lowest BCUT2D eigenvalue weighted by Crippen LogP contribution is -2.38. The summed E-state index contributed by atoms with van der Waals surface area (Å²) in [7, 11) is 1.98. The average Bonchev–Trinajstić information content (AvgIpc) is 3.75. The van der Waals surface area contributed by atoms with Gasteiger partial charge in [-0.2, -0.15) is 0 Å². The molecule has 1 aliphatic rings. The molecule has 2 aromatic heterocycles. The van der Waals surface area contributed by atoms with Gasteiger partial charge in [0.2, 0.25) is 0 Å². The number of rotatable bonds is 12. The fourth-order valence-electron chi connectivity index (χ4n) is 5.50. The average molecular weight is 586 g/mol. The lowest BCUT2D eigenvalue weighted by atomic mass is 9.95. The first-order valence-electron chi connectivity index (χ1n) is 15.1. The van der Waals surface area contributed by atoms with E-state index in [1.54, 1.807) is 11.3 Å². The van der Waals surface area contributed by atoms with Gasteiger partial charge >= 0.3 is 0 Å². The fraction of sp³-hybridized carbons (Fsp3) is 0.371. The van der Waals surface area contributed by atoms with Crippen molar-refractivity contribution in [3.8, 4) is 11.5 Å². The van der Waals surface area contributed by atoms with E-state index in [1.165, 1.54) is 47.8 Å². The molecule has 1 unspecified atom stereocenters. The van der Waals surface area contributed by atoms with Crippen LogP contribution in [0.1, 0.15) is 49.5 Å². The number of aliphatic hydroxyl groups excluding tert-OH is 1.